The molecule has 6 nitrogen and oxygen atoms in total. The SMILES string of the molecule is CCOC(=O)C(C)N1C(=S)CCCC(=O)/C=C\1c1ccc(OC)cc1COC. The number of benzene rings is 1. The lowest BCUT2D eigenvalue weighted by atomic mass is 9.98. The van der Waals surface area contributed by atoms with Crippen molar-refractivity contribution in [3.8, 4) is 5.75 Å². The molecular weight excluding hydrogens is 378 g/mol. The van der Waals surface area contributed by atoms with Crippen LogP contribution >= 0.6 is 12.2 Å². The largest absolute Gasteiger partial charge is 0.497 e. The minimum atomic E-state index is -0.651. The van der Waals surface area contributed by atoms with Crippen molar-refractivity contribution in [2.45, 2.75) is 45.8 Å². The number of hydrogen-bond acceptors (Lipinski definition) is 6. The van der Waals surface area contributed by atoms with Crippen LogP contribution in [-0.4, -0.2) is 48.5 Å². The molecule has 1 aromatic rings. The highest BCUT2D eigenvalue weighted by Gasteiger charge is 2.31. The summed E-state index contributed by atoms with van der Waals surface area (Å²) in [6.07, 6.45) is 3.20. The molecule has 1 aliphatic rings. The highest BCUT2D eigenvalue weighted by molar-refractivity contribution is 7.80. The first-order valence-electron chi connectivity index (χ1n) is 9.32. The molecule has 0 fully saturated rings. The summed E-state index contributed by atoms with van der Waals surface area (Å²) >= 11 is 5.64. The Morgan fingerprint density at radius 3 is 2.68 bits per heavy atom. The van der Waals surface area contributed by atoms with E-state index in [-0.39, 0.29) is 18.4 Å². The van der Waals surface area contributed by atoms with Crippen LogP contribution in [0.5, 0.6) is 5.75 Å². The van der Waals surface area contributed by atoms with E-state index >= 15 is 0 Å². The second-order valence-corrected chi connectivity index (χ2v) is 6.97. The van der Waals surface area contributed by atoms with Crippen LogP contribution in [0.3, 0.4) is 0 Å². The quantitative estimate of drug-likeness (QED) is 0.508. The van der Waals surface area contributed by atoms with E-state index in [0.717, 1.165) is 11.1 Å². The van der Waals surface area contributed by atoms with E-state index in [0.29, 0.717) is 42.3 Å². The molecule has 1 atom stereocenters. The first-order valence-corrected chi connectivity index (χ1v) is 9.73. The molecule has 152 valence electrons. The Balaban J connectivity index is 2.62. The number of nitrogens with zero attached hydrogens (tertiary/aromatic N) is 1. The van der Waals surface area contributed by atoms with Crippen LogP contribution in [0.1, 0.15) is 44.2 Å². The number of allylic oxidation sites excluding steroid dienone is 1. The molecule has 0 aromatic heterocycles. The second kappa shape index (κ2) is 10.3. The van der Waals surface area contributed by atoms with Gasteiger partial charge in [0, 0.05) is 25.2 Å². The van der Waals surface area contributed by atoms with Crippen LogP contribution in [0.4, 0.5) is 0 Å². The molecule has 0 aliphatic carbocycles. The maximum Gasteiger partial charge on any atom is 0.328 e. The Kier molecular flexibility index (Phi) is 8.14. The summed E-state index contributed by atoms with van der Waals surface area (Å²) in [5.41, 5.74) is 2.20. The topological polar surface area (TPSA) is 65.1 Å². The molecule has 0 bridgehead atoms. The molecule has 1 aliphatic heterocycles. The van der Waals surface area contributed by atoms with Gasteiger partial charge in [0.15, 0.2) is 5.78 Å². The summed E-state index contributed by atoms with van der Waals surface area (Å²) in [5.74, 6) is 0.296. The van der Waals surface area contributed by atoms with Gasteiger partial charge < -0.3 is 19.1 Å². The summed E-state index contributed by atoms with van der Waals surface area (Å²) in [6, 6.07) is 4.89. The average molecular weight is 406 g/mol. The summed E-state index contributed by atoms with van der Waals surface area (Å²) in [4.78, 5) is 27.3. The lowest BCUT2D eigenvalue weighted by Gasteiger charge is -2.34. The molecule has 0 spiro atoms. The van der Waals surface area contributed by atoms with Crippen molar-refractivity contribution in [3.63, 3.8) is 0 Å². The van der Waals surface area contributed by atoms with Gasteiger partial charge >= 0.3 is 5.97 Å². The first kappa shape index (κ1) is 22.0. The van der Waals surface area contributed by atoms with Crippen molar-refractivity contribution in [1.29, 1.82) is 0 Å². The third-order valence-corrected chi connectivity index (χ3v) is 4.94. The fraction of sp³-hybridized carbons (Fsp3) is 0.476. The van der Waals surface area contributed by atoms with E-state index in [1.165, 1.54) is 0 Å². The summed E-state index contributed by atoms with van der Waals surface area (Å²) < 4.78 is 15.9. The molecular formula is C21H27NO5S. The summed E-state index contributed by atoms with van der Waals surface area (Å²) in [6.45, 7) is 4.10. The van der Waals surface area contributed by atoms with Crippen molar-refractivity contribution in [2.75, 3.05) is 20.8 Å². The van der Waals surface area contributed by atoms with Gasteiger partial charge in [0.25, 0.3) is 0 Å². The highest BCUT2D eigenvalue weighted by atomic mass is 32.1. The van der Waals surface area contributed by atoms with E-state index in [2.05, 4.69) is 0 Å². The molecule has 0 saturated heterocycles. The van der Waals surface area contributed by atoms with E-state index in [4.69, 9.17) is 26.4 Å². The Morgan fingerprint density at radius 1 is 1.29 bits per heavy atom. The predicted molar refractivity (Wildman–Crippen MR) is 111 cm³/mol. The van der Waals surface area contributed by atoms with E-state index < -0.39 is 6.04 Å². The number of thiocarbonyl (C=S) groups is 1. The first-order chi connectivity index (χ1) is 13.4. The van der Waals surface area contributed by atoms with Crippen LogP contribution in [-0.2, 0) is 25.7 Å². The predicted octanol–water partition coefficient (Wildman–Crippen LogP) is 3.52. The Morgan fingerprint density at radius 2 is 2.04 bits per heavy atom. The van der Waals surface area contributed by atoms with Gasteiger partial charge in [-0.3, -0.25) is 4.79 Å². The number of methoxy groups -OCH3 is 2. The van der Waals surface area contributed by atoms with Gasteiger partial charge in [-0.05, 0) is 50.5 Å². The lowest BCUT2D eigenvalue weighted by molar-refractivity contribution is -0.146. The number of ketones is 1. The molecule has 0 saturated carbocycles. The standard InChI is InChI=1S/C21H27NO5S/c1-5-27-21(24)14(2)22-19(12-16(23)7-6-8-20(22)28)18-10-9-17(26-4)11-15(18)13-25-3/h9-12,14H,5-8,13H2,1-4H3/b19-12-. The third kappa shape index (κ3) is 5.17. The smallest absolute Gasteiger partial charge is 0.328 e. The maximum absolute atomic E-state index is 12.5. The molecule has 0 radical (unpaired) electrons. The van der Waals surface area contributed by atoms with E-state index in [9.17, 15) is 9.59 Å². The fourth-order valence-electron chi connectivity index (χ4n) is 3.19. The number of rotatable bonds is 7. The van der Waals surface area contributed by atoms with Crippen LogP contribution in [0, 0.1) is 0 Å². The van der Waals surface area contributed by atoms with Crippen molar-refractivity contribution in [2.24, 2.45) is 0 Å². The average Bonchev–Trinajstić information content (AvgIpc) is 2.66. The minimum Gasteiger partial charge on any atom is -0.497 e. The molecule has 7 heteroatoms. The Labute approximate surface area is 171 Å². The number of esters is 1. The number of carbonyl (C=O) groups is 2. The monoisotopic (exact) mass is 405 g/mol. The zero-order valence-corrected chi connectivity index (χ0v) is 17.6. The summed E-state index contributed by atoms with van der Waals surface area (Å²) in [5, 5.41) is 0. The van der Waals surface area contributed by atoms with Crippen LogP contribution in [0.15, 0.2) is 24.3 Å². The Hall–Kier alpha value is -2.25. The number of hydrogen-bond donors (Lipinski definition) is 0. The normalized spacial score (nSPS) is 18.0. The van der Waals surface area contributed by atoms with Gasteiger partial charge in [-0.1, -0.05) is 12.2 Å². The molecule has 28 heavy (non-hydrogen) atoms. The molecule has 1 heterocycles. The van der Waals surface area contributed by atoms with Gasteiger partial charge in [-0.25, -0.2) is 4.79 Å². The lowest BCUT2D eigenvalue weighted by Crippen LogP contribution is -2.43. The van der Waals surface area contributed by atoms with Crippen molar-refractivity contribution in [1.82, 2.24) is 4.90 Å². The number of ether oxygens (including phenoxy) is 3. The molecule has 0 N–H and O–H groups in total. The molecule has 0 amide bonds. The zero-order chi connectivity index (χ0) is 20.7. The molecule has 2 rings (SSSR count). The molecule has 1 aromatic carbocycles. The van der Waals surface area contributed by atoms with E-state index in [1.54, 1.807) is 39.0 Å². The minimum absolute atomic E-state index is 0.00209. The number of carbonyl (C=O) groups excluding carboxylic acids is 2. The second-order valence-electron chi connectivity index (χ2n) is 6.50. The third-order valence-electron chi connectivity index (χ3n) is 4.54. The fourth-order valence-corrected chi connectivity index (χ4v) is 3.59. The van der Waals surface area contributed by atoms with Crippen molar-refractivity contribution in [3.05, 3.63) is 35.4 Å². The van der Waals surface area contributed by atoms with Gasteiger partial charge in [0.1, 0.15) is 11.8 Å². The van der Waals surface area contributed by atoms with Crippen molar-refractivity contribution >= 4 is 34.7 Å². The highest BCUT2D eigenvalue weighted by Crippen LogP contribution is 2.31. The van der Waals surface area contributed by atoms with Gasteiger partial charge in [0.2, 0.25) is 0 Å². The zero-order valence-electron chi connectivity index (χ0n) is 16.8. The van der Waals surface area contributed by atoms with Crippen LogP contribution < -0.4 is 4.74 Å². The van der Waals surface area contributed by atoms with E-state index in [1.807, 2.05) is 18.2 Å². The Bertz CT molecular complexity index is 774. The van der Waals surface area contributed by atoms with Gasteiger partial charge in [0.05, 0.1) is 31.0 Å². The molecule has 1 unspecified atom stereocenters. The van der Waals surface area contributed by atoms with Crippen molar-refractivity contribution < 1.29 is 23.8 Å². The van der Waals surface area contributed by atoms with Crippen LogP contribution in [0.25, 0.3) is 5.70 Å². The summed E-state index contributed by atoms with van der Waals surface area (Å²) in [7, 11) is 3.19. The van der Waals surface area contributed by atoms with Crippen LogP contribution in [0.2, 0.25) is 0 Å². The van der Waals surface area contributed by atoms with Gasteiger partial charge in [-0.15, -0.1) is 0 Å². The maximum atomic E-state index is 12.5. The van der Waals surface area contributed by atoms with Gasteiger partial charge in [-0.2, -0.15) is 0 Å².